The maximum atomic E-state index is 12.0. The van der Waals surface area contributed by atoms with Gasteiger partial charge in [-0.1, -0.05) is 0 Å². The van der Waals surface area contributed by atoms with Crippen LogP contribution >= 0.6 is 0 Å². The monoisotopic (exact) mass is 643 g/mol. The number of esters is 2. The first-order valence-electron chi connectivity index (χ1n) is 13.5. The van der Waals surface area contributed by atoms with E-state index in [4.69, 9.17) is 45.6 Å². The lowest BCUT2D eigenvalue weighted by atomic mass is 9.86. The van der Waals surface area contributed by atoms with E-state index in [0.29, 0.717) is 6.08 Å². The van der Waals surface area contributed by atoms with Gasteiger partial charge in [-0.15, -0.1) is 0 Å². The molecule has 3 heterocycles. The molecular weight excluding hydrogens is 602 g/mol. The number of aliphatic hydroxyl groups is 8. The molecule has 0 radical (unpaired) electrons. The Labute approximate surface area is 250 Å². The number of aliphatic hydroxyl groups excluding tert-OH is 8. The highest BCUT2D eigenvalue weighted by Gasteiger charge is 2.56. The lowest BCUT2D eigenvalue weighted by Crippen LogP contribution is -2.72. The van der Waals surface area contributed by atoms with Crippen LogP contribution in [0.25, 0.3) is 0 Å². The Bertz CT molecular complexity index is 990. The van der Waals surface area contributed by atoms with Crippen LogP contribution < -0.4 is 17.2 Å². The van der Waals surface area contributed by atoms with E-state index in [0.717, 1.165) is 13.2 Å². The zero-order chi connectivity index (χ0) is 32.9. The summed E-state index contributed by atoms with van der Waals surface area (Å²) < 4.78 is 37.2. The predicted octanol–water partition coefficient (Wildman–Crippen LogP) is -8.03. The largest absolute Gasteiger partial charge is 0.466 e. The highest BCUT2D eigenvalue weighted by atomic mass is 16.7. The molecular formula is C24H41N3O17. The molecule has 15 atom stereocenters. The SMILES string of the molecule is COC(=O)/C=C/C(=O)OC[C@@]1(CO)O[C@H](OC2[C@@H](CO)O[C@@H](OC3[C@@H](CO)O[C@@H](O)[C@H](N)[C@H]3O)[C@H](N)[C@H]2O)[C@H](N)[C@@H](O)[C@@H]1O. The molecule has 2 unspecified atom stereocenters. The Morgan fingerprint density at radius 1 is 0.773 bits per heavy atom. The average molecular weight is 644 g/mol. The van der Waals surface area contributed by atoms with Gasteiger partial charge in [-0.2, -0.15) is 0 Å². The van der Waals surface area contributed by atoms with Crippen LogP contribution in [0.15, 0.2) is 12.2 Å². The minimum Gasteiger partial charge on any atom is -0.466 e. The van der Waals surface area contributed by atoms with Gasteiger partial charge in [0.2, 0.25) is 0 Å². The number of hydrogen-bond acceptors (Lipinski definition) is 20. The minimum absolute atomic E-state index is 0.709. The number of ether oxygens (including phenoxy) is 7. The van der Waals surface area contributed by atoms with Crippen molar-refractivity contribution < 1.29 is 83.6 Å². The van der Waals surface area contributed by atoms with Gasteiger partial charge in [-0.3, -0.25) is 0 Å². The molecule has 0 aliphatic carbocycles. The van der Waals surface area contributed by atoms with Crippen LogP contribution in [0.1, 0.15) is 0 Å². The van der Waals surface area contributed by atoms with E-state index >= 15 is 0 Å². The average Bonchev–Trinajstić information content (AvgIpc) is 3.02. The van der Waals surface area contributed by atoms with Crippen LogP contribution in [-0.4, -0.2) is 178 Å². The van der Waals surface area contributed by atoms with E-state index in [1.165, 1.54) is 0 Å². The minimum atomic E-state index is -2.21. The summed E-state index contributed by atoms with van der Waals surface area (Å²) in [5.41, 5.74) is 15.6. The molecule has 3 aliphatic heterocycles. The molecule has 0 aromatic rings. The summed E-state index contributed by atoms with van der Waals surface area (Å²) in [6, 6.07) is -4.32. The first kappa shape index (κ1) is 36.5. The summed E-state index contributed by atoms with van der Waals surface area (Å²) in [6.45, 7) is -3.43. The first-order valence-corrected chi connectivity index (χ1v) is 13.5. The van der Waals surface area contributed by atoms with Crippen molar-refractivity contribution in [2.75, 3.05) is 33.5 Å². The van der Waals surface area contributed by atoms with Gasteiger partial charge in [0.05, 0.1) is 45.1 Å². The highest BCUT2D eigenvalue weighted by molar-refractivity contribution is 5.91. The van der Waals surface area contributed by atoms with Crippen LogP contribution in [-0.2, 0) is 42.7 Å². The fraction of sp³-hybridized carbons (Fsp3) is 0.833. The van der Waals surface area contributed by atoms with Crippen molar-refractivity contribution in [1.82, 2.24) is 0 Å². The summed E-state index contributed by atoms with van der Waals surface area (Å²) in [7, 11) is 1.08. The summed E-state index contributed by atoms with van der Waals surface area (Å²) in [4.78, 5) is 23.2. The lowest BCUT2D eigenvalue weighted by Gasteiger charge is -2.50. The van der Waals surface area contributed by atoms with Gasteiger partial charge in [0.25, 0.3) is 0 Å². The predicted molar refractivity (Wildman–Crippen MR) is 138 cm³/mol. The molecule has 0 aromatic heterocycles. The molecule has 14 N–H and O–H groups in total. The molecule has 254 valence electrons. The zero-order valence-electron chi connectivity index (χ0n) is 23.6. The van der Waals surface area contributed by atoms with E-state index in [-0.39, 0.29) is 0 Å². The summed E-state index contributed by atoms with van der Waals surface area (Å²) >= 11 is 0. The quantitative estimate of drug-likeness (QED) is 0.0735. The Kier molecular flexibility index (Phi) is 12.9. The number of hydrogen-bond donors (Lipinski definition) is 11. The van der Waals surface area contributed by atoms with Gasteiger partial charge >= 0.3 is 11.9 Å². The van der Waals surface area contributed by atoms with Gasteiger partial charge in [0, 0.05) is 12.2 Å². The number of carbonyl (C=O) groups is 2. The molecule has 3 aliphatic rings. The maximum absolute atomic E-state index is 12.0. The summed E-state index contributed by atoms with van der Waals surface area (Å²) in [5, 5.41) is 82.4. The van der Waals surface area contributed by atoms with Gasteiger partial charge in [0.15, 0.2) is 24.5 Å². The van der Waals surface area contributed by atoms with Gasteiger partial charge in [0.1, 0.15) is 55.4 Å². The first-order chi connectivity index (χ1) is 20.7. The Morgan fingerprint density at radius 2 is 1.30 bits per heavy atom. The molecule has 0 saturated carbocycles. The molecule has 3 saturated heterocycles. The van der Waals surface area contributed by atoms with E-state index in [9.17, 15) is 50.4 Å². The van der Waals surface area contributed by atoms with Crippen molar-refractivity contribution in [2.24, 2.45) is 17.2 Å². The second kappa shape index (κ2) is 15.6. The van der Waals surface area contributed by atoms with Crippen LogP contribution in [0.3, 0.4) is 0 Å². The number of methoxy groups -OCH3 is 1. The van der Waals surface area contributed by atoms with Crippen LogP contribution in [0.4, 0.5) is 0 Å². The highest BCUT2D eigenvalue weighted by Crippen LogP contribution is 2.34. The van der Waals surface area contributed by atoms with Crippen LogP contribution in [0.2, 0.25) is 0 Å². The van der Waals surface area contributed by atoms with E-state index < -0.39 is 130 Å². The molecule has 0 aromatic carbocycles. The zero-order valence-corrected chi connectivity index (χ0v) is 23.6. The smallest absolute Gasteiger partial charge is 0.331 e. The molecule has 0 bridgehead atoms. The molecule has 0 spiro atoms. The van der Waals surface area contributed by atoms with Crippen LogP contribution in [0.5, 0.6) is 0 Å². The third-order valence-corrected chi connectivity index (χ3v) is 7.61. The second-order valence-electron chi connectivity index (χ2n) is 10.5. The number of rotatable bonds is 11. The van der Waals surface area contributed by atoms with Gasteiger partial charge in [-0.25, -0.2) is 9.59 Å². The Morgan fingerprint density at radius 3 is 1.86 bits per heavy atom. The maximum Gasteiger partial charge on any atom is 0.331 e. The number of carbonyl (C=O) groups excluding carboxylic acids is 2. The van der Waals surface area contributed by atoms with E-state index in [2.05, 4.69) is 4.74 Å². The lowest BCUT2D eigenvalue weighted by molar-refractivity contribution is -0.363. The normalized spacial score (nSPS) is 44.8. The van der Waals surface area contributed by atoms with Crippen molar-refractivity contribution in [3.05, 3.63) is 12.2 Å². The molecule has 20 heteroatoms. The van der Waals surface area contributed by atoms with E-state index in [1.807, 2.05) is 0 Å². The van der Waals surface area contributed by atoms with Gasteiger partial charge in [-0.05, 0) is 0 Å². The van der Waals surface area contributed by atoms with Crippen molar-refractivity contribution in [3.8, 4) is 0 Å². The topological polar surface area (TPSA) is 339 Å². The second-order valence-corrected chi connectivity index (χ2v) is 10.5. The van der Waals surface area contributed by atoms with Crippen LogP contribution in [0, 0.1) is 0 Å². The molecule has 3 rings (SSSR count). The standard InChI is InChI=1S/C24H41N3O17/c1-38-10(31)2-3-11(32)39-7-24(6-30)20(36)17(35)14(27)23(44-24)43-19-9(5-29)41-22(13(26)16(19)34)42-18-8(4-28)40-21(37)12(25)15(18)33/h2-3,8-9,12-23,28-30,33-37H,4-7,25-27H2,1H3/b3-2+/t8-,9-,12-,13-,14-,15-,16-,17-,18?,19?,20+,21-,22+,23+,24-/m1/s1. The van der Waals surface area contributed by atoms with Crippen molar-refractivity contribution >= 4 is 11.9 Å². The van der Waals surface area contributed by atoms with E-state index in [1.54, 1.807) is 0 Å². The molecule has 0 amide bonds. The van der Waals surface area contributed by atoms with Gasteiger partial charge < -0.3 is 91.2 Å². The summed E-state index contributed by atoms with van der Waals surface area (Å²) in [6.07, 6.45) is -16.1. The number of nitrogens with two attached hydrogens (primary N) is 3. The molecule has 44 heavy (non-hydrogen) atoms. The fourth-order valence-corrected chi connectivity index (χ4v) is 4.88. The van der Waals surface area contributed by atoms with Crippen molar-refractivity contribution in [2.45, 2.75) is 91.4 Å². The summed E-state index contributed by atoms with van der Waals surface area (Å²) in [5.74, 6) is -1.96. The van der Waals surface area contributed by atoms with Crippen molar-refractivity contribution in [3.63, 3.8) is 0 Å². The van der Waals surface area contributed by atoms with Crippen molar-refractivity contribution in [1.29, 1.82) is 0 Å². The Hall–Kier alpha value is -1.96. The third kappa shape index (κ3) is 7.70. The molecule has 3 fully saturated rings. The third-order valence-electron chi connectivity index (χ3n) is 7.61. The molecule has 20 nitrogen and oxygen atoms in total. The Balaban J connectivity index is 1.75. The fourth-order valence-electron chi connectivity index (χ4n) is 4.88.